The van der Waals surface area contributed by atoms with E-state index in [1.54, 1.807) is 32.1 Å². The topological polar surface area (TPSA) is 0 Å². The lowest BCUT2D eigenvalue weighted by Crippen LogP contribution is -2.24. The Labute approximate surface area is 50.3 Å². The SMILES string of the molecule is C1CC2CC23CCC13. The van der Waals surface area contributed by atoms with Crippen molar-refractivity contribution in [3.8, 4) is 0 Å². The zero-order valence-electron chi connectivity index (χ0n) is 5.19. The Hall–Kier alpha value is 0. The van der Waals surface area contributed by atoms with Crippen molar-refractivity contribution in [3.05, 3.63) is 0 Å². The molecule has 3 unspecified atom stereocenters. The molecular weight excluding hydrogens is 96.1 g/mol. The highest BCUT2D eigenvalue weighted by molar-refractivity contribution is 5.16. The van der Waals surface area contributed by atoms with Gasteiger partial charge in [-0.3, -0.25) is 0 Å². The number of hydrogen-bond acceptors (Lipinski definition) is 0. The molecule has 3 fully saturated rings. The maximum atomic E-state index is 1.62. The summed E-state index contributed by atoms with van der Waals surface area (Å²) in [6.45, 7) is 0. The van der Waals surface area contributed by atoms with Crippen LogP contribution in [0.3, 0.4) is 0 Å². The first-order valence-corrected chi connectivity index (χ1v) is 3.92. The summed E-state index contributed by atoms with van der Waals surface area (Å²) in [5, 5.41) is 0. The van der Waals surface area contributed by atoms with Gasteiger partial charge in [0, 0.05) is 0 Å². The Morgan fingerprint density at radius 1 is 1.00 bits per heavy atom. The van der Waals surface area contributed by atoms with Gasteiger partial charge >= 0.3 is 0 Å². The summed E-state index contributed by atoms with van der Waals surface area (Å²) >= 11 is 0. The minimum atomic E-state index is 1.00. The molecule has 0 heteroatoms. The van der Waals surface area contributed by atoms with E-state index in [0.717, 1.165) is 5.41 Å². The average molecular weight is 108 g/mol. The van der Waals surface area contributed by atoms with Crippen molar-refractivity contribution >= 4 is 0 Å². The van der Waals surface area contributed by atoms with Crippen LogP contribution in [0.5, 0.6) is 0 Å². The number of rotatable bonds is 0. The van der Waals surface area contributed by atoms with Crippen molar-refractivity contribution in [1.29, 1.82) is 0 Å². The fourth-order valence-corrected chi connectivity index (χ4v) is 3.15. The molecule has 3 atom stereocenters. The van der Waals surface area contributed by atoms with Crippen LogP contribution in [0, 0.1) is 17.3 Å². The summed E-state index contributed by atoms with van der Waals surface area (Å²) in [4.78, 5) is 0. The zero-order valence-corrected chi connectivity index (χ0v) is 5.19. The van der Waals surface area contributed by atoms with E-state index in [0.29, 0.717) is 0 Å². The van der Waals surface area contributed by atoms with Crippen LogP contribution >= 0.6 is 0 Å². The molecule has 44 valence electrons. The summed E-state index contributed by atoms with van der Waals surface area (Å²) in [7, 11) is 0. The van der Waals surface area contributed by atoms with Crippen LogP contribution in [-0.2, 0) is 0 Å². The van der Waals surface area contributed by atoms with Gasteiger partial charge in [0.05, 0.1) is 0 Å². The van der Waals surface area contributed by atoms with Gasteiger partial charge in [0.15, 0.2) is 0 Å². The molecule has 0 radical (unpaired) electrons. The minimum absolute atomic E-state index is 1.00. The lowest BCUT2D eigenvalue weighted by molar-refractivity contribution is 0.165. The van der Waals surface area contributed by atoms with E-state index in [1.165, 1.54) is 11.8 Å². The molecule has 0 aromatic heterocycles. The first-order chi connectivity index (χ1) is 3.92. The van der Waals surface area contributed by atoms with Crippen LogP contribution in [-0.4, -0.2) is 0 Å². The van der Waals surface area contributed by atoms with Crippen molar-refractivity contribution in [3.63, 3.8) is 0 Å². The Balaban J connectivity index is 2.02. The molecule has 0 aromatic rings. The van der Waals surface area contributed by atoms with Crippen molar-refractivity contribution < 1.29 is 0 Å². The maximum absolute atomic E-state index is 1.62. The van der Waals surface area contributed by atoms with Crippen LogP contribution in [0.2, 0.25) is 0 Å². The molecule has 0 N–H and O–H groups in total. The molecule has 0 amide bonds. The van der Waals surface area contributed by atoms with Crippen LogP contribution < -0.4 is 0 Å². The van der Waals surface area contributed by atoms with Crippen LogP contribution in [0.15, 0.2) is 0 Å². The summed E-state index contributed by atoms with van der Waals surface area (Å²) in [5.41, 5.74) is 1.00. The smallest absolute Gasteiger partial charge is 0.0238 e. The van der Waals surface area contributed by atoms with E-state index >= 15 is 0 Å². The van der Waals surface area contributed by atoms with Gasteiger partial charge in [-0.15, -0.1) is 0 Å². The maximum Gasteiger partial charge on any atom is -0.0238 e. The van der Waals surface area contributed by atoms with E-state index in [-0.39, 0.29) is 0 Å². The first-order valence-electron chi connectivity index (χ1n) is 3.92. The second kappa shape index (κ2) is 0.872. The van der Waals surface area contributed by atoms with Gasteiger partial charge in [0.25, 0.3) is 0 Å². The standard InChI is InChI=1S/C8H12/c1-2-7-5-8(7)4-3-6(1)8/h6-7H,1-5H2. The summed E-state index contributed by atoms with van der Waals surface area (Å²) in [5.74, 6) is 2.44. The molecule has 0 bridgehead atoms. The van der Waals surface area contributed by atoms with Crippen LogP contribution in [0.4, 0.5) is 0 Å². The van der Waals surface area contributed by atoms with Crippen LogP contribution in [0.1, 0.15) is 32.1 Å². The lowest BCUT2D eigenvalue weighted by Gasteiger charge is -2.33. The molecule has 0 heterocycles. The highest BCUT2D eigenvalue weighted by Crippen LogP contribution is 2.75. The van der Waals surface area contributed by atoms with E-state index in [4.69, 9.17) is 0 Å². The molecule has 0 saturated heterocycles. The van der Waals surface area contributed by atoms with Crippen molar-refractivity contribution in [2.75, 3.05) is 0 Å². The average Bonchev–Trinajstić information content (AvgIpc) is 2.36. The Morgan fingerprint density at radius 2 is 1.88 bits per heavy atom. The predicted molar refractivity (Wildman–Crippen MR) is 32.5 cm³/mol. The fourth-order valence-electron chi connectivity index (χ4n) is 3.15. The monoisotopic (exact) mass is 108 g/mol. The minimum Gasteiger partial charge on any atom is -0.0496 e. The summed E-state index contributed by atoms with van der Waals surface area (Å²) in [6.07, 6.45) is 7.98. The van der Waals surface area contributed by atoms with Crippen molar-refractivity contribution in [2.45, 2.75) is 32.1 Å². The molecule has 3 saturated carbocycles. The van der Waals surface area contributed by atoms with Gasteiger partial charge in [0.1, 0.15) is 0 Å². The molecular formula is C8H12. The van der Waals surface area contributed by atoms with Gasteiger partial charge < -0.3 is 0 Å². The third kappa shape index (κ3) is 0.222. The first kappa shape index (κ1) is 3.92. The van der Waals surface area contributed by atoms with Gasteiger partial charge in [0.2, 0.25) is 0 Å². The molecule has 0 nitrogen and oxygen atoms in total. The van der Waals surface area contributed by atoms with Gasteiger partial charge in [-0.05, 0) is 49.4 Å². The van der Waals surface area contributed by atoms with Crippen LogP contribution in [0.25, 0.3) is 0 Å². The second-order valence-corrected chi connectivity index (χ2v) is 3.95. The number of hydrogen-bond donors (Lipinski definition) is 0. The fraction of sp³-hybridized carbons (Fsp3) is 1.00. The summed E-state index contributed by atoms with van der Waals surface area (Å²) in [6, 6.07) is 0. The molecule has 0 aromatic carbocycles. The normalized spacial score (nSPS) is 66.0. The zero-order chi connectivity index (χ0) is 5.19. The van der Waals surface area contributed by atoms with Gasteiger partial charge in [-0.2, -0.15) is 0 Å². The quantitative estimate of drug-likeness (QED) is 0.446. The van der Waals surface area contributed by atoms with Crippen molar-refractivity contribution in [1.82, 2.24) is 0 Å². The van der Waals surface area contributed by atoms with E-state index in [2.05, 4.69) is 0 Å². The second-order valence-electron chi connectivity index (χ2n) is 3.95. The molecule has 1 spiro atoms. The molecule has 3 rings (SSSR count). The van der Waals surface area contributed by atoms with Gasteiger partial charge in [-0.25, -0.2) is 0 Å². The third-order valence-corrected chi connectivity index (χ3v) is 3.91. The Kier molecular flexibility index (Phi) is 0.427. The van der Waals surface area contributed by atoms with E-state index in [1.807, 2.05) is 0 Å². The third-order valence-electron chi connectivity index (χ3n) is 3.91. The molecule has 8 heavy (non-hydrogen) atoms. The Morgan fingerprint density at radius 3 is 2.12 bits per heavy atom. The highest BCUT2D eigenvalue weighted by atomic mass is 14.7. The van der Waals surface area contributed by atoms with Crippen molar-refractivity contribution in [2.24, 2.45) is 17.3 Å². The summed E-state index contributed by atoms with van der Waals surface area (Å²) < 4.78 is 0. The van der Waals surface area contributed by atoms with E-state index in [9.17, 15) is 0 Å². The van der Waals surface area contributed by atoms with E-state index < -0.39 is 0 Å². The lowest BCUT2D eigenvalue weighted by atomic mass is 9.71. The molecule has 3 aliphatic rings. The largest absolute Gasteiger partial charge is 0.0496 e. The highest BCUT2D eigenvalue weighted by Gasteiger charge is 2.66. The van der Waals surface area contributed by atoms with Gasteiger partial charge in [-0.1, -0.05) is 0 Å². The molecule has 3 aliphatic carbocycles. The molecule has 0 aliphatic heterocycles. The predicted octanol–water partition coefficient (Wildman–Crippen LogP) is 2.20. The Bertz CT molecular complexity index is 133.